The molecule has 0 radical (unpaired) electrons. The van der Waals surface area contributed by atoms with Crippen LogP contribution in [-0.4, -0.2) is 12.2 Å². The fraction of sp³-hybridized carbons (Fsp3) is 0.318. The third-order valence-corrected chi connectivity index (χ3v) is 3.39. The third kappa shape index (κ3) is 9.39. The van der Waals surface area contributed by atoms with Gasteiger partial charge in [0.1, 0.15) is 0 Å². The summed E-state index contributed by atoms with van der Waals surface area (Å²) < 4.78 is 0. The first-order valence-corrected chi connectivity index (χ1v) is 12.6. The van der Waals surface area contributed by atoms with E-state index in [-0.39, 0.29) is 0 Å². The van der Waals surface area contributed by atoms with Crippen molar-refractivity contribution >= 4 is 29.4 Å². The number of fused-ring (bicyclic) bond motifs is 1. The molecule has 0 saturated carbocycles. The minimum atomic E-state index is -0.556. The summed E-state index contributed by atoms with van der Waals surface area (Å²) in [7, 11) is 10.8. The van der Waals surface area contributed by atoms with E-state index in [0.29, 0.717) is 5.92 Å². The van der Waals surface area contributed by atoms with Crippen LogP contribution in [0.2, 0.25) is 0 Å². The van der Waals surface area contributed by atoms with E-state index in [2.05, 4.69) is 89.2 Å². The Hall–Kier alpha value is -0.566. The summed E-state index contributed by atoms with van der Waals surface area (Å²) in [5.41, 5.74) is 4.04. The Bertz CT molecular complexity index is 705. The van der Waals surface area contributed by atoms with Gasteiger partial charge >= 0.3 is 35.6 Å². The molecule has 0 aliphatic heterocycles. The van der Waals surface area contributed by atoms with Crippen molar-refractivity contribution in [1.82, 2.24) is 0 Å². The number of halogens is 2. The van der Waals surface area contributed by atoms with Crippen molar-refractivity contribution < 1.29 is 22.1 Å². The molecular weight excluding hydrogens is 399 g/mol. The average molecular weight is 427 g/mol. The topological polar surface area (TPSA) is 20.2 Å². The summed E-state index contributed by atoms with van der Waals surface area (Å²) in [6.07, 6.45) is 4.57. The van der Waals surface area contributed by atoms with Crippen LogP contribution < -0.4 is 0 Å². The monoisotopic (exact) mass is 426 g/mol. The van der Waals surface area contributed by atoms with Crippen LogP contribution in [0.5, 0.6) is 0 Å². The summed E-state index contributed by atoms with van der Waals surface area (Å²) in [5, 5.41) is 9.47. The van der Waals surface area contributed by atoms with Gasteiger partial charge in [-0.25, -0.2) is 0 Å². The molecule has 0 fully saturated rings. The number of benzene rings is 2. The molecule has 1 nitrogen and oxygen atoms in total. The van der Waals surface area contributed by atoms with Crippen molar-refractivity contribution in [3.8, 4) is 0 Å². The first kappa shape index (κ1) is 25.4. The van der Waals surface area contributed by atoms with Crippen LogP contribution >= 0.6 is 18.6 Å². The van der Waals surface area contributed by atoms with Gasteiger partial charge in [0.2, 0.25) is 0 Å². The van der Waals surface area contributed by atoms with Gasteiger partial charge in [-0.05, 0) is 13.8 Å². The zero-order chi connectivity index (χ0) is 20.1. The molecule has 0 saturated heterocycles. The fourth-order valence-corrected chi connectivity index (χ4v) is 2.54. The van der Waals surface area contributed by atoms with Crippen LogP contribution in [0.3, 0.4) is 0 Å². The Labute approximate surface area is 175 Å². The Balaban J connectivity index is 0.000000594. The summed E-state index contributed by atoms with van der Waals surface area (Å²) in [6.45, 7) is 10.6. The van der Waals surface area contributed by atoms with E-state index in [0.717, 1.165) is 7.11 Å². The van der Waals surface area contributed by atoms with Crippen LogP contribution in [0.1, 0.15) is 46.1 Å². The molecule has 1 N–H and O–H groups in total. The van der Waals surface area contributed by atoms with Gasteiger partial charge in [0.05, 0.1) is 0 Å². The predicted octanol–water partition coefficient (Wildman–Crippen LogP) is 7.24. The van der Waals surface area contributed by atoms with Gasteiger partial charge < -0.3 is 11.0 Å². The zero-order valence-corrected chi connectivity index (χ0v) is 19.5. The summed E-state index contributed by atoms with van der Waals surface area (Å²) in [6, 6.07) is 16.3. The minimum absolute atomic E-state index is 0.416. The maximum absolute atomic E-state index is 7.00. The van der Waals surface area contributed by atoms with Gasteiger partial charge in [-0.3, -0.25) is 0 Å². The summed E-state index contributed by atoms with van der Waals surface area (Å²) >= 11 is -0.556. The molecule has 142 valence electrons. The first-order chi connectivity index (χ1) is 12.4. The normalized spacial score (nSPS) is 14.8. The van der Waals surface area contributed by atoms with Crippen molar-refractivity contribution in [1.29, 1.82) is 0 Å². The van der Waals surface area contributed by atoms with Crippen LogP contribution in [0.15, 0.2) is 59.7 Å². The Morgan fingerprint density at radius 2 is 1.54 bits per heavy atom. The molecule has 2 aromatic carbocycles. The van der Waals surface area contributed by atoms with Crippen LogP contribution in [0, 0.1) is 12.0 Å². The molecule has 0 bridgehead atoms. The van der Waals surface area contributed by atoms with Crippen LogP contribution in [0.4, 0.5) is 0 Å². The van der Waals surface area contributed by atoms with E-state index < -0.39 is 17.0 Å². The molecule has 0 amide bonds. The van der Waals surface area contributed by atoms with Gasteiger partial charge in [0, 0.05) is 13.0 Å². The second-order valence-electron chi connectivity index (χ2n) is 6.35. The predicted molar refractivity (Wildman–Crippen MR) is 113 cm³/mol. The van der Waals surface area contributed by atoms with Gasteiger partial charge in [0.15, 0.2) is 0 Å². The third-order valence-electron chi connectivity index (χ3n) is 3.39. The number of hydrogen-bond acceptors (Lipinski definition) is 1. The number of hydrogen-bond donors (Lipinski definition) is 1. The van der Waals surface area contributed by atoms with Crippen molar-refractivity contribution in [2.45, 2.75) is 40.5 Å². The molecule has 26 heavy (non-hydrogen) atoms. The Kier molecular flexibility index (Phi) is 14.2. The van der Waals surface area contributed by atoms with E-state index >= 15 is 0 Å². The van der Waals surface area contributed by atoms with Crippen molar-refractivity contribution in [2.24, 2.45) is 0 Å². The second kappa shape index (κ2) is 14.5. The van der Waals surface area contributed by atoms with Gasteiger partial charge in [0.25, 0.3) is 0 Å². The molecule has 3 rings (SSSR count). The van der Waals surface area contributed by atoms with Gasteiger partial charge in [-0.1, -0.05) is 35.4 Å². The van der Waals surface area contributed by atoms with Gasteiger partial charge in [-0.2, -0.15) is 20.8 Å². The molecule has 2 aromatic rings. The number of rotatable bonds is 1. The first-order valence-electron chi connectivity index (χ1n) is 8.34. The molecule has 1 atom stereocenters. The van der Waals surface area contributed by atoms with Crippen LogP contribution in [0.25, 0.3) is 10.8 Å². The average Bonchev–Trinajstić information content (AvgIpc) is 2.95. The van der Waals surface area contributed by atoms with E-state index in [1.807, 2.05) is 0 Å². The Morgan fingerprint density at radius 1 is 1.00 bits per heavy atom. The number of allylic oxidation sites excluding steroid dienone is 4. The zero-order valence-electron chi connectivity index (χ0n) is 16.4. The van der Waals surface area contributed by atoms with E-state index in [1.165, 1.54) is 33.4 Å². The molecule has 0 heterocycles. The molecule has 1 unspecified atom stereocenters. The summed E-state index contributed by atoms with van der Waals surface area (Å²) in [4.78, 5) is 0. The Morgan fingerprint density at radius 3 is 2.04 bits per heavy atom. The maximum atomic E-state index is 7.00. The molecular formula is C22H28Cl2OTi-2. The molecule has 0 spiro atoms. The molecule has 4 heteroatoms. The summed E-state index contributed by atoms with van der Waals surface area (Å²) in [5.74, 6) is 1.83. The quantitative estimate of drug-likeness (QED) is 0.376. The van der Waals surface area contributed by atoms with Crippen molar-refractivity contribution in [3.63, 3.8) is 0 Å². The van der Waals surface area contributed by atoms with Crippen molar-refractivity contribution in [2.75, 3.05) is 7.11 Å². The standard InChI is InChI=1S/C17H15.C4H9.CH4O.2ClH.Ti/c1-12-9-13(2)17(10-12)16-8-7-14-5-3-4-6-15(14)11-16;1-4(2)3;1-2;;;/h3-10,17H,1-2H3;1-3H3;2H,1H3;2*1H;/q2*-1;;;;+2/p-2. The molecule has 0 aromatic heterocycles. The van der Waals surface area contributed by atoms with Crippen LogP contribution in [-0.2, 0) is 17.0 Å². The van der Waals surface area contributed by atoms with E-state index in [4.69, 9.17) is 23.7 Å². The molecule has 1 aliphatic carbocycles. The number of aliphatic hydroxyl groups is 1. The molecule has 1 aliphatic rings. The van der Waals surface area contributed by atoms with Crippen molar-refractivity contribution in [3.05, 3.63) is 77.2 Å². The number of aliphatic hydroxyl groups excluding tert-OH is 1. The SMILES string of the molecule is CC1=CC(c2[c-]c3ccccc3cc2)C(C)=C1.CO.C[C-](C)C.[Cl][Ti][Cl]. The van der Waals surface area contributed by atoms with E-state index in [9.17, 15) is 0 Å². The fourth-order valence-electron chi connectivity index (χ4n) is 2.54. The second-order valence-corrected chi connectivity index (χ2v) is 8.93. The van der Waals surface area contributed by atoms with E-state index in [1.54, 1.807) is 0 Å². The van der Waals surface area contributed by atoms with Gasteiger partial charge in [-0.15, -0.1) is 46.7 Å².